The first kappa shape index (κ1) is 16.6. The van der Waals surface area contributed by atoms with Crippen molar-refractivity contribution in [2.45, 2.75) is 0 Å². The number of hydrogen-bond donors (Lipinski definition) is 0. The van der Waals surface area contributed by atoms with E-state index in [2.05, 4.69) is 0 Å². The molecule has 0 saturated carbocycles. The Labute approximate surface area is 135 Å². The van der Waals surface area contributed by atoms with Crippen molar-refractivity contribution in [1.82, 2.24) is 0 Å². The summed E-state index contributed by atoms with van der Waals surface area (Å²) in [5.74, 6) is 1.68. The Kier molecular flexibility index (Phi) is 7.60. The van der Waals surface area contributed by atoms with Crippen LogP contribution in [-0.4, -0.2) is 0 Å². The van der Waals surface area contributed by atoms with Gasteiger partial charge in [0.1, 0.15) is 14.1 Å². The standard InChI is InChI=1S/C12H14N2O.2HI/c1-13-7-3-5-11(9-13)15-12-6-4-8-14(2)10-12;;/h3-10H,1-2H3;2*1H/q+2;;/p-2. The lowest BCUT2D eigenvalue weighted by Gasteiger charge is -2.01. The number of aryl methyl sites for hydroxylation is 2. The summed E-state index contributed by atoms with van der Waals surface area (Å²) in [6, 6.07) is 7.79. The van der Waals surface area contributed by atoms with Gasteiger partial charge in [-0.1, -0.05) is 0 Å². The van der Waals surface area contributed by atoms with Crippen LogP contribution >= 0.6 is 0 Å². The highest BCUT2D eigenvalue weighted by Gasteiger charge is 2.03. The van der Waals surface area contributed by atoms with Crippen LogP contribution in [0.1, 0.15) is 0 Å². The molecule has 0 aliphatic heterocycles. The fraction of sp³-hybridized carbons (Fsp3) is 0.167. The molecule has 0 spiro atoms. The number of ether oxygens (including phenoxy) is 1. The zero-order chi connectivity index (χ0) is 10.7. The highest BCUT2D eigenvalue weighted by atomic mass is 127. The van der Waals surface area contributed by atoms with Crippen molar-refractivity contribution in [1.29, 1.82) is 0 Å². The van der Waals surface area contributed by atoms with E-state index in [0.717, 1.165) is 11.5 Å². The Bertz CT molecular complexity index is 434. The number of nitrogens with zero attached hydrogens (tertiary/aromatic N) is 2. The van der Waals surface area contributed by atoms with Gasteiger partial charge in [0.15, 0.2) is 23.9 Å². The molecule has 2 rings (SSSR count). The third-order valence-electron chi connectivity index (χ3n) is 2.06. The summed E-state index contributed by atoms with van der Waals surface area (Å²) < 4.78 is 9.61. The van der Waals surface area contributed by atoms with E-state index in [0.29, 0.717) is 0 Å². The molecule has 92 valence electrons. The van der Waals surface area contributed by atoms with Gasteiger partial charge < -0.3 is 52.7 Å². The molecule has 0 unspecified atom stereocenters. The van der Waals surface area contributed by atoms with E-state index in [1.54, 1.807) is 0 Å². The molecule has 17 heavy (non-hydrogen) atoms. The summed E-state index contributed by atoms with van der Waals surface area (Å²) in [7, 11) is 3.94. The van der Waals surface area contributed by atoms with Crippen LogP contribution in [0, 0.1) is 0 Å². The van der Waals surface area contributed by atoms with Crippen molar-refractivity contribution >= 4 is 0 Å². The van der Waals surface area contributed by atoms with Crippen molar-refractivity contribution in [3.05, 3.63) is 49.1 Å². The van der Waals surface area contributed by atoms with Crippen LogP contribution < -0.4 is 61.8 Å². The maximum atomic E-state index is 5.70. The van der Waals surface area contributed by atoms with E-state index < -0.39 is 0 Å². The molecule has 0 bridgehead atoms. The quantitative estimate of drug-likeness (QED) is 0.328. The first-order valence-corrected chi connectivity index (χ1v) is 4.82. The van der Waals surface area contributed by atoms with Gasteiger partial charge in [0.2, 0.25) is 12.4 Å². The zero-order valence-corrected chi connectivity index (χ0v) is 14.0. The van der Waals surface area contributed by atoms with E-state index in [-0.39, 0.29) is 48.0 Å². The molecule has 0 radical (unpaired) electrons. The number of hydrogen-bond acceptors (Lipinski definition) is 1. The lowest BCUT2D eigenvalue weighted by Crippen LogP contribution is -3.00. The molecular weight excluding hydrogens is 442 g/mol. The van der Waals surface area contributed by atoms with Gasteiger partial charge in [0.25, 0.3) is 0 Å². The van der Waals surface area contributed by atoms with Gasteiger partial charge in [-0.3, -0.25) is 0 Å². The predicted octanol–water partition coefficient (Wildman–Crippen LogP) is -4.86. The molecular formula is C12H14I2N2O. The lowest BCUT2D eigenvalue weighted by atomic mass is 10.4. The maximum Gasteiger partial charge on any atom is 0.211 e. The van der Waals surface area contributed by atoms with Crippen molar-refractivity contribution in [2.24, 2.45) is 14.1 Å². The second kappa shape index (κ2) is 7.80. The molecule has 2 aromatic heterocycles. The molecule has 5 heteroatoms. The molecule has 0 aliphatic carbocycles. The summed E-state index contributed by atoms with van der Waals surface area (Å²) in [6.45, 7) is 0. The fourth-order valence-corrected chi connectivity index (χ4v) is 1.38. The third-order valence-corrected chi connectivity index (χ3v) is 2.06. The van der Waals surface area contributed by atoms with E-state index in [4.69, 9.17) is 4.74 Å². The SMILES string of the molecule is C[n+]1cccc(Oc2ccc[n+](C)c2)c1.[I-].[I-]. The first-order valence-electron chi connectivity index (χ1n) is 4.82. The molecule has 0 aliphatic rings. The number of aromatic nitrogens is 2. The highest BCUT2D eigenvalue weighted by molar-refractivity contribution is 5.23. The lowest BCUT2D eigenvalue weighted by molar-refractivity contribution is -0.672. The van der Waals surface area contributed by atoms with E-state index in [1.165, 1.54) is 0 Å². The zero-order valence-electron chi connectivity index (χ0n) is 9.68. The number of pyridine rings is 2. The average molecular weight is 456 g/mol. The fourth-order valence-electron chi connectivity index (χ4n) is 1.38. The van der Waals surface area contributed by atoms with Crippen LogP contribution in [0.25, 0.3) is 0 Å². The normalized spacial score (nSPS) is 8.82. The summed E-state index contributed by atoms with van der Waals surface area (Å²) in [4.78, 5) is 0. The van der Waals surface area contributed by atoms with Crippen LogP contribution in [-0.2, 0) is 14.1 Å². The molecule has 0 amide bonds. The van der Waals surface area contributed by atoms with Crippen LogP contribution in [0.5, 0.6) is 11.5 Å². The minimum atomic E-state index is 0. The monoisotopic (exact) mass is 456 g/mol. The molecule has 0 aromatic carbocycles. The molecule has 2 heterocycles. The van der Waals surface area contributed by atoms with Gasteiger partial charge in [-0.25, -0.2) is 9.13 Å². The minimum absolute atomic E-state index is 0. The third kappa shape index (κ3) is 5.15. The average Bonchev–Trinajstić information content (AvgIpc) is 2.17. The molecule has 0 fully saturated rings. The molecule has 0 N–H and O–H groups in total. The van der Waals surface area contributed by atoms with Gasteiger partial charge in [-0.05, 0) is 12.1 Å². The van der Waals surface area contributed by atoms with Crippen molar-refractivity contribution in [2.75, 3.05) is 0 Å². The molecule has 0 saturated heterocycles. The Morgan fingerprint density at radius 1 is 0.824 bits per heavy atom. The molecule has 0 atom stereocenters. The smallest absolute Gasteiger partial charge is 0.211 e. The summed E-state index contributed by atoms with van der Waals surface area (Å²) in [5.41, 5.74) is 0. The first-order chi connectivity index (χ1) is 7.24. The molecule has 3 nitrogen and oxygen atoms in total. The second-order valence-electron chi connectivity index (χ2n) is 3.51. The summed E-state index contributed by atoms with van der Waals surface area (Å²) in [6.07, 6.45) is 7.82. The van der Waals surface area contributed by atoms with E-state index >= 15 is 0 Å². The van der Waals surface area contributed by atoms with Crippen LogP contribution in [0.2, 0.25) is 0 Å². The van der Waals surface area contributed by atoms with Gasteiger partial charge in [-0.2, -0.15) is 0 Å². The predicted molar refractivity (Wildman–Crippen MR) is 55.3 cm³/mol. The van der Waals surface area contributed by atoms with E-state index in [1.807, 2.05) is 72.3 Å². The topological polar surface area (TPSA) is 17.0 Å². The Morgan fingerprint density at radius 3 is 1.59 bits per heavy atom. The number of halogens is 2. The van der Waals surface area contributed by atoms with Crippen LogP contribution in [0.3, 0.4) is 0 Å². The Balaban J connectivity index is 0.00000128. The van der Waals surface area contributed by atoms with E-state index in [9.17, 15) is 0 Å². The minimum Gasteiger partial charge on any atom is -1.00 e. The Morgan fingerprint density at radius 2 is 1.24 bits per heavy atom. The Hall–Kier alpha value is -0.440. The number of rotatable bonds is 2. The molecule has 2 aromatic rings. The van der Waals surface area contributed by atoms with Gasteiger partial charge >= 0.3 is 0 Å². The van der Waals surface area contributed by atoms with Crippen LogP contribution in [0.4, 0.5) is 0 Å². The van der Waals surface area contributed by atoms with Gasteiger partial charge in [0.05, 0.1) is 0 Å². The van der Waals surface area contributed by atoms with Crippen molar-refractivity contribution < 1.29 is 61.8 Å². The van der Waals surface area contributed by atoms with Crippen molar-refractivity contribution in [3.63, 3.8) is 0 Å². The second-order valence-corrected chi connectivity index (χ2v) is 3.51. The van der Waals surface area contributed by atoms with Gasteiger partial charge in [0, 0.05) is 12.1 Å². The summed E-state index contributed by atoms with van der Waals surface area (Å²) >= 11 is 0. The van der Waals surface area contributed by atoms with Crippen LogP contribution in [0.15, 0.2) is 49.1 Å². The van der Waals surface area contributed by atoms with Gasteiger partial charge in [-0.15, -0.1) is 0 Å². The largest absolute Gasteiger partial charge is 1.00 e. The highest BCUT2D eigenvalue weighted by Crippen LogP contribution is 2.16. The summed E-state index contributed by atoms with van der Waals surface area (Å²) in [5, 5.41) is 0. The maximum absolute atomic E-state index is 5.70. The van der Waals surface area contributed by atoms with Crippen molar-refractivity contribution in [3.8, 4) is 11.5 Å².